The van der Waals surface area contributed by atoms with Gasteiger partial charge in [0.2, 0.25) is 0 Å². The van der Waals surface area contributed by atoms with Gasteiger partial charge in [0.05, 0.1) is 18.4 Å². The lowest BCUT2D eigenvalue weighted by Gasteiger charge is -2.33. The molecule has 118 valence electrons. The summed E-state index contributed by atoms with van der Waals surface area (Å²) >= 11 is 0. The molecular formula is C15H19N3O3S. The fourth-order valence-corrected chi connectivity index (χ4v) is 4.02. The van der Waals surface area contributed by atoms with Crippen molar-refractivity contribution >= 4 is 15.7 Å². The number of hydrogen-bond donors (Lipinski definition) is 0. The summed E-state index contributed by atoms with van der Waals surface area (Å²) in [5, 5.41) is 4.06. The third kappa shape index (κ3) is 2.45. The second-order valence-electron chi connectivity index (χ2n) is 5.47. The molecule has 3 rings (SSSR count). The van der Waals surface area contributed by atoms with Crippen LogP contribution in [-0.4, -0.2) is 30.8 Å². The third-order valence-electron chi connectivity index (χ3n) is 3.66. The van der Waals surface area contributed by atoms with E-state index in [9.17, 15) is 8.42 Å². The van der Waals surface area contributed by atoms with Crippen molar-refractivity contribution in [2.24, 2.45) is 0 Å². The first kappa shape index (κ1) is 14.9. The van der Waals surface area contributed by atoms with Gasteiger partial charge in [-0.2, -0.15) is 5.10 Å². The number of anilines is 1. The molecule has 0 saturated heterocycles. The van der Waals surface area contributed by atoms with E-state index in [4.69, 9.17) is 4.74 Å². The molecule has 1 atom stereocenters. The fraction of sp³-hybridized carbons (Fsp3) is 0.400. The molecule has 0 saturated carbocycles. The maximum absolute atomic E-state index is 12.9. The second kappa shape index (κ2) is 5.31. The molecule has 2 heterocycles. The molecule has 0 N–H and O–H groups in total. The van der Waals surface area contributed by atoms with Gasteiger partial charge in [0.25, 0.3) is 10.0 Å². The quantitative estimate of drug-likeness (QED) is 0.869. The van der Waals surface area contributed by atoms with Crippen LogP contribution in [0.2, 0.25) is 0 Å². The molecule has 0 spiro atoms. The molecule has 0 amide bonds. The first-order chi connectivity index (χ1) is 10.4. The van der Waals surface area contributed by atoms with Gasteiger partial charge in [0.15, 0.2) is 0 Å². The zero-order valence-electron chi connectivity index (χ0n) is 12.9. The first-order valence-corrected chi connectivity index (χ1v) is 8.68. The van der Waals surface area contributed by atoms with Gasteiger partial charge in [-0.15, -0.1) is 0 Å². The number of aryl methyl sites for hydroxylation is 2. The SMILES string of the molecule is CCn1cc(S(=O)(=O)N2C[C@@H](C)Oc3cc(C)ccc32)cn1. The van der Waals surface area contributed by atoms with Crippen LogP contribution >= 0.6 is 0 Å². The molecule has 1 aromatic heterocycles. The Balaban J connectivity index is 2.08. The minimum absolute atomic E-state index is 0.203. The summed E-state index contributed by atoms with van der Waals surface area (Å²) in [6.45, 7) is 6.65. The molecule has 1 aromatic carbocycles. The van der Waals surface area contributed by atoms with E-state index >= 15 is 0 Å². The topological polar surface area (TPSA) is 64.4 Å². The summed E-state index contributed by atoms with van der Waals surface area (Å²) in [7, 11) is -3.64. The predicted octanol–water partition coefficient (Wildman–Crippen LogP) is 2.19. The Morgan fingerprint density at radius 3 is 2.86 bits per heavy atom. The molecule has 6 nitrogen and oxygen atoms in total. The smallest absolute Gasteiger partial charge is 0.267 e. The van der Waals surface area contributed by atoms with Gasteiger partial charge >= 0.3 is 0 Å². The van der Waals surface area contributed by atoms with E-state index in [1.807, 2.05) is 32.9 Å². The largest absolute Gasteiger partial charge is 0.487 e. The maximum Gasteiger partial charge on any atom is 0.267 e. The molecule has 0 unspecified atom stereocenters. The van der Waals surface area contributed by atoms with Gasteiger partial charge in [0, 0.05) is 12.7 Å². The van der Waals surface area contributed by atoms with Crippen LogP contribution in [-0.2, 0) is 16.6 Å². The van der Waals surface area contributed by atoms with Crippen molar-refractivity contribution in [1.82, 2.24) is 9.78 Å². The molecule has 0 aliphatic carbocycles. The Morgan fingerprint density at radius 1 is 1.41 bits per heavy atom. The Bertz CT molecular complexity index is 798. The average Bonchev–Trinajstić information content (AvgIpc) is 2.95. The number of ether oxygens (including phenoxy) is 1. The van der Waals surface area contributed by atoms with Crippen LogP contribution in [0.15, 0.2) is 35.5 Å². The van der Waals surface area contributed by atoms with Gasteiger partial charge < -0.3 is 4.74 Å². The first-order valence-electron chi connectivity index (χ1n) is 7.24. The highest BCUT2D eigenvalue weighted by atomic mass is 32.2. The lowest BCUT2D eigenvalue weighted by atomic mass is 10.2. The highest BCUT2D eigenvalue weighted by Gasteiger charge is 2.33. The number of nitrogens with zero attached hydrogens (tertiary/aromatic N) is 3. The zero-order valence-corrected chi connectivity index (χ0v) is 13.7. The molecule has 0 bridgehead atoms. The number of sulfonamides is 1. The van der Waals surface area contributed by atoms with Crippen LogP contribution in [0, 0.1) is 6.92 Å². The maximum atomic E-state index is 12.9. The Kier molecular flexibility index (Phi) is 3.60. The van der Waals surface area contributed by atoms with Crippen LogP contribution in [0.4, 0.5) is 5.69 Å². The number of rotatable bonds is 3. The summed E-state index contributed by atoms with van der Waals surface area (Å²) in [5.41, 5.74) is 1.61. The molecule has 0 radical (unpaired) electrons. The van der Waals surface area contributed by atoms with E-state index in [1.165, 1.54) is 10.5 Å². The molecule has 2 aromatic rings. The van der Waals surface area contributed by atoms with Crippen molar-refractivity contribution in [2.45, 2.75) is 38.3 Å². The monoisotopic (exact) mass is 321 g/mol. The van der Waals surface area contributed by atoms with Crippen molar-refractivity contribution in [2.75, 3.05) is 10.8 Å². The van der Waals surface area contributed by atoms with Crippen LogP contribution in [0.5, 0.6) is 5.75 Å². The summed E-state index contributed by atoms with van der Waals surface area (Å²) in [6.07, 6.45) is 2.75. The van der Waals surface area contributed by atoms with E-state index in [1.54, 1.807) is 16.9 Å². The summed E-state index contributed by atoms with van der Waals surface area (Å²) in [5.74, 6) is 0.602. The molecule has 7 heteroatoms. The molecule has 0 fully saturated rings. The van der Waals surface area contributed by atoms with E-state index in [0.717, 1.165) is 5.56 Å². The van der Waals surface area contributed by atoms with Gasteiger partial charge in [-0.25, -0.2) is 8.42 Å². The lowest BCUT2D eigenvalue weighted by Crippen LogP contribution is -2.42. The predicted molar refractivity (Wildman–Crippen MR) is 83.7 cm³/mol. The average molecular weight is 321 g/mol. The van der Waals surface area contributed by atoms with E-state index in [0.29, 0.717) is 18.0 Å². The molecule has 1 aliphatic rings. The van der Waals surface area contributed by atoms with Crippen molar-refractivity contribution in [3.63, 3.8) is 0 Å². The van der Waals surface area contributed by atoms with E-state index in [2.05, 4.69) is 5.10 Å². The minimum atomic E-state index is -3.64. The van der Waals surface area contributed by atoms with Crippen LogP contribution in [0.3, 0.4) is 0 Å². The van der Waals surface area contributed by atoms with Crippen molar-refractivity contribution in [3.8, 4) is 5.75 Å². The lowest BCUT2D eigenvalue weighted by molar-refractivity contribution is 0.219. The third-order valence-corrected chi connectivity index (χ3v) is 5.39. The standard InChI is InChI=1S/C15H19N3O3S/c1-4-17-10-13(8-16-17)22(19,20)18-9-12(3)21-15-7-11(2)5-6-14(15)18/h5-8,10,12H,4,9H2,1-3H3/t12-/m1/s1. The number of hydrogen-bond acceptors (Lipinski definition) is 4. The zero-order chi connectivity index (χ0) is 15.9. The fourth-order valence-electron chi connectivity index (χ4n) is 2.51. The summed E-state index contributed by atoms with van der Waals surface area (Å²) in [4.78, 5) is 0.204. The van der Waals surface area contributed by atoms with E-state index in [-0.39, 0.29) is 17.5 Å². The highest BCUT2D eigenvalue weighted by molar-refractivity contribution is 7.92. The summed E-state index contributed by atoms with van der Waals surface area (Å²) in [6, 6.07) is 5.54. The molecule has 1 aliphatic heterocycles. The van der Waals surface area contributed by atoms with Gasteiger partial charge in [-0.3, -0.25) is 8.99 Å². The molecular weight excluding hydrogens is 302 g/mol. The number of fused-ring (bicyclic) bond motifs is 1. The van der Waals surface area contributed by atoms with Gasteiger partial charge in [-0.1, -0.05) is 6.07 Å². The number of benzene rings is 1. The van der Waals surface area contributed by atoms with Crippen LogP contribution in [0.25, 0.3) is 0 Å². The highest BCUT2D eigenvalue weighted by Crippen LogP contribution is 2.37. The normalized spacial score (nSPS) is 18.0. The van der Waals surface area contributed by atoms with Crippen molar-refractivity contribution < 1.29 is 13.2 Å². The van der Waals surface area contributed by atoms with Crippen molar-refractivity contribution in [1.29, 1.82) is 0 Å². The van der Waals surface area contributed by atoms with Crippen LogP contribution < -0.4 is 9.04 Å². The van der Waals surface area contributed by atoms with E-state index < -0.39 is 10.0 Å². The number of aromatic nitrogens is 2. The second-order valence-corrected chi connectivity index (χ2v) is 7.33. The van der Waals surface area contributed by atoms with Crippen molar-refractivity contribution in [3.05, 3.63) is 36.2 Å². The minimum Gasteiger partial charge on any atom is -0.487 e. The van der Waals surface area contributed by atoms with Gasteiger partial charge in [-0.05, 0) is 38.5 Å². The van der Waals surface area contributed by atoms with Gasteiger partial charge in [0.1, 0.15) is 16.7 Å². The van der Waals surface area contributed by atoms with Crippen LogP contribution in [0.1, 0.15) is 19.4 Å². The Labute approximate surface area is 130 Å². The molecule has 22 heavy (non-hydrogen) atoms. The summed E-state index contributed by atoms with van der Waals surface area (Å²) < 4.78 is 34.6. The Hall–Kier alpha value is -2.02. The Morgan fingerprint density at radius 2 is 2.18 bits per heavy atom.